The van der Waals surface area contributed by atoms with Crippen LogP contribution in [-0.4, -0.2) is 38.1 Å². The Kier molecular flexibility index (Phi) is 2.96. The van der Waals surface area contributed by atoms with Crippen molar-refractivity contribution in [3.63, 3.8) is 0 Å². The van der Waals surface area contributed by atoms with Crippen molar-refractivity contribution in [2.45, 2.75) is 13.0 Å². The summed E-state index contributed by atoms with van der Waals surface area (Å²) < 4.78 is 4.60. The van der Waals surface area contributed by atoms with Gasteiger partial charge in [0, 0.05) is 12.4 Å². The van der Waals surface area contributed by atoms with Gasteiger partial charge in [0.1, 0.15) is 0 Å². The van der Waals surface area contributed by atoms with Gasteiger partial charge in [0.05, 0.1) is 25.6 Å². The van der Waals surface area contributed by atoms with Crippen LogP contribution in [0.4, 0.5) is 0 Å². The van der Waals surface area contributed by atoms with E-state index < -0.39 is 0 Å². The highest BCUT2D eigenvalue weighted by atomic mass is 16.5. The van der Waals surface area contributed by atoms with Crippen LogP contribution in [0.25, 0.3) is 0 Å². The van der Waals surface area contributed by atoms with Crippen LogP contribution in [0.1, 0.15) is 6.92 Å². The van der Waals surface area contributed by atoms with Crippen molar-refractivity contribution in [3.8, 4) is 0 Å². The van der Waals surface area contributed by atoms with Gasteiger partial charge in [-0.2, -0.15) is 0 Å². The van der Waals surface area contributed by atoms with Crippen molar-refractivity contribution in [1.29, 1.82) is 0 Å². The van der Waals surface area contributed by atoms with Crippen LogP contribution < -0.4 is 0 Å². The lowest BCUT2D eigenvalue weighted by molar-refractivity contribution is -0.145. The third-order valence-electron chi connectivity index (χ3n) is 1.89. The first-order chi connectivity index (χ1) is 5.75. The maximum atomic E-state index is 11.1. The lowest BCUT2D eigenvalue weighted by atomic mass is 10.0. The van der Waals surface area contributed by atoms with E-state index in [4.69, 9.17) is 0 Å². The van der Waals surface area contributed by atoms with Gasteiger partial charge >= 0.3 is 5.97 Å². The molecule has 0 aromatic heterocycles. The first kappa shape index (κ1) is 8.90. The van der Waals surface area contributed by atoms with Gasteiger partial charge in [0.25, 0.3) is 0 Å². The lowest BCUT2D eigenvalue weighted by Gasteiger charge is -2.17. The van der Waals surface area contributed by atoms with Crippen molar-refractivity contribution in [3.05, 3.63) is 0 Å². The number of esters is 1. The minimum atomic E-state index is -0.228. The number of carbonyl (C=O) groups excluding carboxylic acids is 1. The molecule has 12 heavy (non-hydrogen) atoms. The Morgan fingerprint density at radius 2 is 2.42 bits per heavy atom. The van der Waals surface area contributed by atoms with E-state index in [9.17, 15) is 4.79 Å². The second kappa shape index (κ2) is 3.99. The Balaban J connectivity index is 2.52. The summed E-state index contributed by atoms with van der Waals surface area (Å²) in [7, 11) is 1.38. The summed E-state index contributed by atoms with van der Waals surface area (Å²) >= 11 is 0. The predicted molar refractivity (Wildman–Crippen MR) is 46.8 cm³/mol. The molecule has 0 spiro atoms. The summed E-state index contributed by atoms with van der Waals surface area (Å²) in [6, 6.07) is -0.0533. The van der Waals surface area contributed by atoms with Crippen molar-refractivity contribution in [2.75, 3.05) is 13.7 Å². The highest BCUT2D eigenvalue weighted by Gasteiger charge is 2.23. The molecule has 1 heterocycles. The zero-order chi connectivity index (χ0) is 8.97. The predicted octanol–water partition coefficient (Wildman–Crippen LogP) is 0.319. The minimum absolute atomic E-state index is 0.0533. The number of carbonyl (C=O) groups is 1. The summed E-state index contributed by atoms with van der Waals surface area (Å²) in [6.07, 6.45) is 3.26. The van der Waals surface area contributed by atoms with Crippen LogP contribution >= 0.6 is 0 Å². The zero-order valence-electron chi connectivity index (χ0n) is 7.23. The molecule has 0 radical (unpaired) electrons. The molecule has 0 bridgehead atoms. The standard InChI is InChI=1S/C8H12N2O2/c1-6(8(11)12-2)7-5-9-3-4-10-7/h3-4,6-7H,5H2,1-2H3. The van der Waals surface area contributed by atoms with Crippen molar-refractivity contribution in [1.82, 2.24) is 0 Å². The van der Waals surface area contributed by atoms with Crippen LogP contribution in [0.5, 0.6) is 0 Å². The van der Waals surface area contributed by atoms with Gasteiger partial charge in [-0.05, 0) is 6.92 Å². The zero-order valence-corrected chi connectivity index (χ0v) is 7.23. The van der Waals surface area contributed by atoms with Gasteiger partial charge in [-0.1, -0.05) is 0 Å². The molecule has 0 N–H and O–H groups in total. The molecule has 0 aromatic rings. The maximum absolute atomic E-state index is 11.1. The van der Waals surface area contributed by atoms with E-state index in [0.29, 0.717) is 6.54 Å². The van der Waals surface area contributed by atoms with E-state index >= 15 is 0 Å². The summed E-state index contributed by atoms with van der Waals surface area (Å²) in [6.45, 7) is 2.38. The molecular formula is C8H12N2O2. The smallest absolute Gasteiger partial charge is 0.310 e. The lowest BCUT2D eigenvalue weighted by Crippen LogP contribution is -2.29. The molecule has 0 aromatic carbocycles. The summed E-state index contributed by atoms with van der Waals surface area (Å²) in [5.41, 5.74) is 0. The molecule has 1 aliphatic heterocycles. The Bertz CT molecular complexity index is 223. The van der Waals surface area contributed by atoms with Crippen LogP contribution in [0.15, 0.2) is 9.98 Å². The summed E-state index contributed by atoms with van der Waals surface area (Å²) in [5, 5.41) is 0. The minimum Gasteiger partial charge on any atom is -0.469 e. The van der Waals surface area contributed by atoms with Gasteiger partial charge in [0.2, 0.25) is 0 Å². The SMILES string of the molecule is COC(=O)C(C)C1CN=CC=N1. The van der Waals surface area contributed by atoms with E-state index in [-0.39, 0.29) is 17.9 Å². The molecule has 2 unspecified atom stereocenters. The van der Waals surface area contributed by atoms with Gasteiger partial charge in [-0.15, -0.1) is 0 Å². The van der Waals surface area contributed by atoms with Crippen molar-refractivity contribution in [2.24, 2.45) is 15.9 Å². The van der Waals surface area contributed by atoms with E-state index in [1.54, 1.807) is 19.4 Å². The van der Waals surface area contributed by atoms with Crippen molar-refractivity contribution >= 4 is 18.4 Å². The third-order valence-corrected chi connectivity index (χ3v) is 1.89. The highest BCUT2D eigenvalue weighted by molar-refractivity contribution is 6.16. The number of hydrogen-bond donors (Lipinski definition) is 0. The monoisotopic (exact) mass is 168 g/mol. The Morgan fingerprint density at radius 1 is 1.67 bits per heavy atom. The van der Waals surface area contributed by atoms with Crippen molar-refractivity contribution < 1.29 is 9.53 Å². The molecule has 66 valence electrons. The normalized spacial score (nSPS) is 23.7. The number of nitrogens with zero attached hydrogens (tertiary/aromatic N) is 2. The van der Waals surface area contributed by atoms with E-state index in [1.165, 1.54) is 7.11 Å². The molecule has 0 saturated heterocycles. The molecule has 0 saturated carbocycles. The van der Waals surface area contributed by atoms with E-state index in [1.807, 2.05) is 0 Å². The van der Waals surface area contributed by atoms with Crippen LogP contribution in [-0.2, 0) is 9.53 Å². The second-order valence-corrected chi connectivity index (χ2v) is 2.69. The molecule has 1 aliphatic rings. The first-order valence-electron chi connectivity index (χ1n) is 3.85. The van der Waals surface area contributed by atoms with E-state index in [0.717, 1.165) is 0 Å². The van der Waals surface area contributed by atoms with Gasteiger partial charge in [0.15, 0.2) is 0 Å². The van der Waals surface area contributed by atoms with Gasteiger partial charge in [-0.3, -0.25) is 14.8 Å². The number of hydrogen-bond acceptors (Lipinski definition) is 4. The van der Waals surface area contributed by atoms with Gasteiger partial charge in [-0.25, -0.2) is 0 Å². The molecule has 1 rings (SSSR count). The molecule has 0 amide bonds. The quantitative estimate of drug-likeness (QED) is 0.557. The fourth-order valence-corrected chi connectivity index (χ4v) is 1.04. The van der Waals surface area contributed by atoms with Crippen LogP contribution in [0.3, 0.4) is 0 Å². The average molecular weight is 168 g/mol. The number of methoxy groups -OCH3 is 1. The molecular weight excluding hydrogens is 156 g/mol. The van der Waals surface area contributed by atoms with Crippen LogP contribution in [0, 0.1) is 5.92 Å². The fraction of sp³-hybridized carbons (Fsp3) is 0.625. The highest BCUT2D eigenvalue weighted by Crippen LogP contribution is 2.10. The largest absolute Gasteiger partial charge is 0.469 e. The topological polar surface area (TPSA) is 51.0 Å². The van der Waals surface area contributed by atoms with Crippen LogP contribution in [0.2, 0.25) is 0 Å². The Labute approximate surface area is 71.4 Å². The maximum Gasteiger partial charge on any atom is 0.310 e. The average Bonchev–Trinajstić information content (AvgIpc) is 2.17. The molecule has 2 atom stereocenters. The molecule has 4 nitrogen and oxygen atoms in total. The fourth-order valence-electron chi connectivity index (χ4n) is 1.04. The summed E-state index contributed by atoms with van der Waals surface area (Å²) in [4.78, 5) is 19.2. The van der Waals surface area contributed by atoms with E-state index in [2.05, 4.69) is 14.7 Å². The number of rotatable bonds is 2. The summed E-state index contributed by atoms with van der Waals surface area (Å²) in [5.74, 6) is -0.432. The molecule has 4 heteroatoms. The first-order valence-corrected chi connectivity index (χ1v) is 3.85. The second-order valence-electron chi connectivity index (χ2n) is 2.69. The van der Waals surface area contributed by atoms with Gasteiger partial charge < -0.3 is 4.74 Å². The molecule has 0 aliphatic carbocycles. The Hall–Kier alpha value is -1.19. The Morgan fingerprint density at radius 3 is 2.92 bits per heavy atom. The molecule has 0 fully saturated rings. The number of ether oxygens (including phenoxy) is 1. The third kappa shape index (κ3) is 1.90. The number of aliphatic imine (C=N–C) groups is 2.